The summed E-state index contributed by atoms with van der Waals surface area (Å²) in [6, 6.07) is 14.9. The molecule has 0 spiro atoms. The standard InChI is InChI=1S/C19H24N2O3/c1-2-21(13-19(22)23)16-10-15(11-16)20-12-17-8-9-18(24-17)14-6-4-3-5-7-14/h3-9,15-16,20H,2,10-13H2,1H3,(H,22,23). The Kier molecular flexibility index (Phi) is 5.33. The van der Waals surface area contributed by atoms with Gasteiger partial charge in [-0.3, -0.25) is 9.69 Å². The van der Waals surface area contributed by atoms with Crippen molar-refractivity contribution in [3.8, 4) is 11.3 Å². The number of furan rings is 1. The summed E-state index contributed by atoms with van der Waals surface area (Å²) in [5, 5.41) is 12.4. The van der Waals surface area contributed by atoms with Crippen molar-refractivity contribution in [2.75, 3.05) is 13.1 Å². The summed E-state index contributed by atoms with van der Waals surface area (Å²) < 4.78 is 5.89. The number of benzene rings is 1. The van der Waals surface area contributed by atoms with E-state index >= 15 is 0 Å². The van der Waals surface area contributed by atoms with Gasteiger partial charge in [0, 0.05) is 17.6 Å². The van der Waals surface area contributed by atoms with Gasteiger partial charge in [-0.25, -0.2) is 0 Å². The maximum Gasteiger partial charge on any atom is 0.317 e. The summed E-state index contributed by atoms with van der Waals surface area (Å²) >= 11 is 0. The van der Waals surface area contributed by atoms with E-state index in [4.69, 9.17) is 9.52 Å². The highest BCUT2D eigenvalue weighted by Gasteiger charge is 2.33. The number of hydrogen-bond acceptors (Lipinski definition) is 4. The van der Waals surface area contributed by atoms with Crippen LogP contribution in [0.4, 0.5) is 0 Å². The highest BCUT2D eigenvalue weighted by molar-refractivity contribution is 5.69. The van der Waals surface area contributed by atoms with Gasteiger partial charge in [-0.2, -0.15) is 0 Å². The van der Waals surface area contributed by atoms with Gasteiger partial charge in [-0.15, -0.1) is 0 Å². The zero-order valence-electron chi connectivity index (χ0n) is 13.9. The van der Waals surface area contributed by atoms with Gasteiger partial charge < -0.3 is 14.8 Å². The lowest BCUT2D eigenvalue weighted by Crippen LogP contribution is -2.53. The molecule has 24 heavy (non-hydrogen) atoms. The maximum absolute atomic E-state index is 10.9. The number of carboxylic acid groups (broad SMARTS) is 1. The zero-order chi connectivity index (χ0) is 16.9. The van der Waals surface area contributed by atoms with Crippen LogP contribution in [0.1, 0.15) is 25.5 Å². The molecule has 5 heteroatoms. The smallest absolute Gasteiger partial charge is 0.317 e. The molecule has 128 valence electrons. The third-order valence-corrected chi connectivity index (χ3v) is 4.66. The second-order valence-electron chi connectivity index (χ2n) is 6.29. The van der Waals surface area contributed by atoms with E-state index in [-0.39, 0.29) is 6.54 Å². The molecule has 1 aliphatic carbocycles. The first-order valence-electron chi connectivity index (χ1n) is 8.49. The van der Waals surface area contributed by atoms with E-state index in [9.17, 15) is 4.79 Å². The molecule has 0 saturated heterocycles. The topological polar surface area (TPSA) is 65.7 Å². The molecule has 0 unspecified atom stereocenters. The molecular formula is C19H24N2O3. The monoisotopic (exact) mass is 328 g/mol. The molecule has 1 aromatic carbocycles. The third kappa shape index (κ3) is 4.04. The van der Waals surface area contributed by atoms with Crippen LogP contribution in [0.25, 0.3) is 11.3 Å². The number of likely N-dealkylation sites (N-methyl/N-ethyl adjacent to an activating group) is 1. The molecule has 5 nitrogen and oxygen atoms in total. The summed E-state index contributed by atoms with van der Waals surface area (Å²) in [7, 11) is 0. The Hall–Kier alpha value is -2.11. The van der Waals surface area contributed by atoms with E-state index in [2.05, 4.69) is 5.32 Å². The molecule has 2 N–H and O–H groups in total. The molecule has 1 aromatic heterocycles. The molecule has 0 radical (unpaired) electrons. The zero-order valence-corrected chi connectivity index (χ0v) is 13.9. The molecule has 0 amide bonds. The Balaban J connectivity index is 1.45. The van der Waals surface area contributed by atoms with Gasteiger partial charge in [-0.1, -0.05) is 37.3 Å². The fourth-order valence-corrected chi connectivity index (χ4v) is 3.20. The minimum absolute atomic E-state index is 0.131. The molecule has 3 rings (SSSR count). The van der Waals surface area contributed by atoms with Crippen LogP contribution in [-0.4, -0.2) is 41.1 Å². The van der Waals surface area contributed by atoms with Crippen molar-refractivity contribution in [1.82, 2.24) is 10.2 Å². The first kappa shape index (κ1) is 16.7. The van der Waals surface area contributed by atoms with Crippen molar-refractivity contribution in [1.29, 1.82) is 0 Å². The molecule has 0 atom stereocenters. The Morgan fingerprint density at radius 3 is 2.67 bits per heavy atom. The first-order chi connectivity index (χ1) is 11.7. The Morgan fingerprint density at radius 2 is 2.00 bits per heavy atom. The molecule has 1 saturated carbocycles. The predicted octanol–water partition coefficient (Wildman–Crippen LogP) is 2.97. The molecule has 2 aromatic rings. The van der Waals surface area contributed by atoms with Crippen LogP contribution in [-0.2, 0) is 11.3 Å². The number of carbonyl (C=O) groups is 1. The number of carboxylic acids is 1. The first-order valence-corrected chi connectivity index (χ1v) is 8.49. The van der Waals surface area contributed by atoms with Gasteiger partial charge in [0.15, 0.2) is 0 Å². The van der Waals surface area contributed by atoms with Gasteiger partial charge in [0.2, 0.25) is 0 Å². The molecule has 0 aliphatic heterocycles. The van der Waals surface area contributed by atoms with Gasteiger partial charge in [-0.05, 0) is 31.5 Å². The lowest BCUT2D eigenvalue weighted by Gasteiger charge is -2.42. The fourth-order valence-electron chi connectivity index (χ4n) is 3.20. The Bertz CT molecular complexity index is 662. The Morgan fingerprint density at radius 1 is 1.25 bits per heavy atom. The quantitative estimate of drug-likeness (QED) is 0.780. The molecule has 1 fully saturated rings. The second-order valence-corrected chi connectivity index (χ2v) is 6.29. The number of aliphatic carboxylic acids is 1. The van der Waals surface area contributed by atoms with E-state index < -0.39 is 5.97 Å². The average Bonchev–Trinajstić information content (AvgIpc) is 3.01. The Labute approximate surface area is 142 Å². The normalized spacial score (nSPS) is 20.1. The number of hydrogen-bond donors (Lipinski definition) is 2. The van der Waals surface area contributed by atoms with Crippen molar-refractivity contribution in [2.45, 2.75) is 38.4 Å². The number of nitrogens with zero attached hydrogens (tertiary/aromatic N) is 1. The van der Waals surface area contributed by atoms with Gasteiger partial charge in [0.1, 0.15) is 11.5 Å². The molecular weight excluding hydrogens is 304 g/mol. The summed E-state index contributed by atoms with van der Waals surface area (Å²) in [6.45, 7) is 3.63. The molecule has 0 bridgehead atoms. The van der Waals surface area contributed by atoms with E-state index in [0.29, 0.717) is 18.6 Å². The van der Waals surface area contributed by atoms with Crippen LogP contribution >= 0.6 is 0 Å². The fraction of sp³-hybridized carbons (Fsp3) is 0.421. The van der Waals surface area contributed by atoms with Crippen LogP contribution in [0.3, 0.4) is 0 Å². The third-order valence-electron chi connectivity index (χ3n) is 4.66. The second kappa shape index (κ2) is 7.64. The van der Waals surface area contributed by atoms with Crippen molar-refractivity contribution < 1.29 is 14.3 Å². The summed E-state index contributed by atoms with van der Waals surface area (Å²) in [5.74, 6) is 1.06. The van der Waals surface area contributed by atoms with Gasteiger partial charge in [0.05, 0.1) is 13.1 Å². The van der Waals surface area contributed by atoms with Crippen molar-refractivity contribution >= 4 is 5.97 Å². The van der Waals surface area contributed by atoms with Gasteiger partial charge >= 0.3 is 5.97 Å². The van der Waals surface area contributed by atoms with Crippen molar-refractivity contribution in [3.63, 3.8) is 0 Å². The van der Waals surface area contributed by atoms with E-state index in [1.165, 1.54) is 0 Å². The van der Waals surface area contributed by atoms with E-state index in [0.717, 1.165) is 36.5 Å². The molecule has 1 aliphatic rings. The highest BCUT2D eigenvalue weighted by atomic mass is 16.4. The molecule has 1 heterocycles. The van der Waals surface area contributed by atoms with E-state index in [1.807, 2.05) is 54.3 Å². The highest BCUT2D eigenvalue weighted by Crippen LogP contribution is 2.26. The van der Waals surface area contributed by atoms with Crippen LogP contribution in [0.2, 0.25) is 0 Å². The minimum atomic E-state index is -0.753. The average molecular weight is 328 g/mol. The largest absolute Gasteiger partial charge is 0.480 e. The van der Waals surface area contributed by atoms with Crippen LogP contribution in [0, 0.1) is 0 Å². The minimum Gasteiger partial charge on any atom is -0.480 e. The van der Waals surface area contributed by atoms with Crippen molar-refractivity contribution in [2.24, 2.45) is 0 Å². The van der Waals surface area contributed by atoms with Crippen molar-refractivity contribution in [3.05, 3.63) is 48.2 Å². The SMILES string of the molecule is CCN(CC(=O)O)C1CC(NCc2ccc(-c3ccccc3)o2)C1. The van der Waals surface area contributed by atoms with E-state index in [1.54, 1.807) is 0 Å². The maximum atomic E-state index is 10.9. The summed E-state index contributed by atoms with van der Waals surface area (Å²) in [4.78, 5) is 12.9. The predicted molar refractivity (Wildman–Crippen MR) is 92.7 cm³/mol. The lowest BCUT2D eigenvalue weighted by molar-refractivity contribution is -0.139. The number of rotatable bonds is 8. The number of nitrogens with one attached hydrogen (secondary N) is 1. The van der Waals surface area contributed by atoms with Crippen LogP contribution in [0.15, 0.2) is 46.9 Å². The van der Waals surface area contributed by atoms with Gasteiger partial charge in [0.25, 0.3) is 0 Å². The van der Waals surface area contributed by atoms with Crippen LogP contribution in [0.5, 0.6) is 0 Å². The summed E-state index contributed by atoms with van der Waals surface area (Å²) in [5.41, 5.74) is 1.08. The summed E-state index contributed by atoms with van der Waals surface area (Å²) in [6.07, 6.45) is 1.99. The van der Waals surface area contributed by atoms with Crippen LogP contribution < -0.4 is 5.32 Å². The lowest BCUT2D eigenvalue weighted by atomic mass is 9.85.